The Balaban J connectivity index is 2.52. The van der Waals surface area contributed by atoms with Gasteiger partial charge in [0.15, 0.2) is 0 Å². The number of morpholine rings is 1. The summed E-state index contributed by atoms with van der Waals surface area (Å²) < 4.78 is 4.49. The van der Waals surface area contributed by atoms with Crippen molar-refractivity contribution in [3.05, 3.63) is 0 Å². The van der Waals surface area contributed by atoms with Crippen LogP contribution in [0.5, 0.6) is 0 Å². The molecule has 0 aliphatic carbocycles. The van der Waals surface area contributed by atoms with Crippen LogP contribution in [0.15, 0.2) is 0 Å². The van der Waals surface area contributed by atoms with E-state index in [4.69, 9.17) is 0 Å². The summed E-state index contributed by atoms with van der Waals surface area (Å²) >= 11 is 1.72. The van der Waals surface area contributed by atoms with E-state index in [0.717, 1.165) is 6.54 Å². The summed E-state index contributed by atoms with van der Waals surface area (Å²) in [4.78, 5) is 23.8. The minimum atomic E-state index is -0.446. The van der Waals surface area contributed by atoms with E-state index in [1.54, 1.807) is 11.8 Å². The lowest BCUT2D eigenvalue weighted by Gasteiger charge is -2.31. The first-order valence-electron chi connectivity index (χ1n) is 4.44. The van der Waals surface area contributed by atoms with Crippen LogP contribution in [0.1, 0.15) is 13.8 Å². The van der Waals surface area contributed by atoms with Crippen LogP contribution in [-0.2, 0) is 14.3 Å². The Bertz CT molecular complexity index is 236. The number of esters is 2. The standard InChI is InChI=1S/C9H15NO3S/c1-9(2,14-3)6-10-4-7(11)13-8(12)5-10/h4-6H2,1-3H3. The second kappa shape index (κ2) is 4.31. The van der Waals surface area contributed by atoms with Crippen LogP contribution < -0.4 is 0 Å². The molecule has 1 saturated heterocycles. The molecule has 0 radical (unpaired) electrons. The Labute approximate surface area is 88.0 Å². The highest BCUT2D eigenvalue weighted by molar-refractivity contribution is 7.99. The predicted molar refractivity (Wildman–Crippen MR) is 55.1 cm³/mol. The van der Waals surface area contributed by atoms with Gasteiger partial charge < -0.3 is 4.74 Å². The normalized spacial score (nSPS) is 19.6. The third-order valence-electron chi connectivity index (χ3n) is 2.09. The molecule has 0 atom stereocenters. The molecule has 1 aliphatic rings. The molecule has 0 unspecified atom stereocenters. The van der Waals surface area contributed by atoms with Crippen molar-refractivity contribution in [3.8, 4) is 0 Å². The molecule has 1 heterocycles. The largest absolute Gasteiger partial charge is 0.391 e. The smallest absolute Gasteiger partial charge is 0.327 e. The SMILES string of the molecule is CSC(C)(C)CN1CC(=O)OC(=O)C1. The van der Waals surface area contributed by atoms with Gasteiger partial charge in [-0.1, -0.05) is 0 Å². The second-order valence-electron chi connectivity index (χ2n) is 3.96. The fraction of sp³-hybridized carbons (Fsp3) is 0.778. The Morgan fingerprint density at radius 1 is 1.36 bits per heavy atom. The fourth-order valence-corrected chi connectivity index (χ4v) is 1.64. The van der Waals surface area contributed by atoms with Gasteiger partial charge in [0.2, 0.25) is 0 Å². The highest BCUT2D eigenvalue weighted by Gasteiger charge is 2.29. The summed E-state index contributed by atoms with van der Waals surface area (Å²) in [6, 6.07) is 0. The van der Waals surface area contributed by atoms with E-state index in [0.29, 0.717) is 0 Å². The predicted octanol–water partition coefficient (Wildman–Crippen LogP) is 0.513. The van der Waals surface area contributed by atoms with Crippen molar-refractivity contribution in [3.63, 3.8) is 0 Å². The first kappa shape index (κ1) is 11.5. The highest BCUT2D eigenvalue weighted by Crippen LogP contribution is 2.22. The molecule has 1 rings (SSSR count). The molecule has 0 aromatic rings. The van der Waals surface area contributed by atoms with Crippen LogP contribution in [0.4, 0.5) is 0 Å². The van der Waals surface area contributed by atoms with Crippen molar-refractivity contribution in [1.82, 2.24) is 4.90 Å². The summed E-state index contributed by atoms with van der Waals surface area (Å²) in [5.74, 6) is -0.892. The van der Waals surface area contributed by atoms with Crippen LogP contribution in [-0.4, -0.2) is 47.5 Å². The lowest BCUT2D eigenvalue weighted by Crippen LogP contribution is -2.47. The van der Waals surface area contributed by atoms with Gasteiger partial charge in [0, 0.05) is 11.3 Å². The van der Waals surface area contributed by atoms with Crippen molar-refractivity contribution >= 4 is 23.7 Å². The number of ether oxygens (including phenoxy) is 1. The molecule has 0 bridgehead atoms. The average Bonchev–Trinajstić information content (AvgIpc) is 2.01. The maximum Gasteiger partial charge on any atom is 0.327 e. The average molecular weight is 217 g/mol. The van der Waals surface area contributed by atoms with Gasteiger partial charge in [0.05, 0.1) is 13.1 Å². The van der Waals surface area contributed by atoms with Gasteiger partial charge in [0.1, 0.15) is 0 Å². The number of cyclic esters (lactones) is 2. The molecule has 80 valence electrons. The topological polar surface area (TPSA) is 46.6 Å². The number of hydrogen-bond donors (Lipinski definition) is 0. The number of hydrogen-bond acceptors (Lipinski definition) is 5. The maximum absolute atomic E-state index is 11.0. The number of nitrogens with zero attached hydrogens (tertiary/aromatic N) is 1. The first-order valence-corrected chi connectivity index (χ1v) is 5.66. The van der Waals surface area contributed by atoms with Gasteiger partial charge in [-0.05, 0) is 20.1 Å². The Kier molecular flexibility index (Phi) is 3.55. The van der Waals surface area contributed by atoms with E-state index in [-0.39, 0.29) is 17.8 Å². The quantitative estimate of drug-likeness (QED) is 0.509. The van der Waals surface area contributed by atoms with Gasteiger partial charge in [-0.25, -0.2) is 0 Å². The summed E-state index contributed by atoms with van der Waals surface area (Å²) in [6.07, 6.45) is 2.02. The van der Waals surface area contributed by atoms with Crippen LogP contribution in [0.2, 0.25) is 0 Å². The molecule has 0 aromatic carbocycles. The van der Waals surface area contributed by atoms with Gasteiger partial charge in [0.25, 0.3) is 0 Å². The molecule has 1 fully saturated rings. The van der Waals surface area contributed by atoms with Crippen molar-refractivity contribution in [2.75, 3.05) is 25.9 Å². The van der Waals surface area contributed by atoms with E-state index < -0.39 is 11.9 Å². The van der Waals surface area contributed by atoms with E-state index in [1.165, 1.54) is 0 Å². The summed E-state index contributed by atoms with van der Waals surface area (Å²) in [5, 5.41) is 0. The fourth-order valence-electron chi connectivity index (χ4n) is 1.33. The molecule has 5 heteroatoms. The molecule has 0 aromatic heterocycles. The highest BCUT2D eigenvalue weighted by atomic mass is 32.2. The van der Waals surface area contributed by atoms with Crippen molar-refractivity contribution in [2.45, 2.75) is 18.6 Å². The zero-order chi connectivity index (χ0) is 10.8. The number of carbonyl (C=O) groups is 2. The van der Waals surface area contributed by atoms with Gasteiger partial charge in [-0.2, -0.15) is 11.8 Å². The molecule has 1 aliphatic heterocycles. The third-order valence-corrected chi connectivity index (χ3v) is 3.32. The number of thioether (sulfide) groups is 1. The molecule has 0 saturated carbocycles. The molecule has 14 heavy (non-hydrogen) atoms. The summed E-state index contributed by atoms with van der Waals surface area (Å²) in [6.45, 7) is 5.32. The maximum atomic E-state index is 11.0. The lowest BCUT2D eigenvalue weighted by molar-refractivity contribution is -0.166. The number of rotatable bonds is 3. The zero-order valence-electron chi connectivity index (χ0n) is 8.70. The lowest BCUT2D eigenvalue weighted by atomic mass is 10.2. The minimum absolute atomic E-state index is 0.0535. The molecule has 4 nitrogen and oxygen atoms in total. The Morgan fingerprint density at radius 3 is 2.29 bits per heavy atom. The van der Waals surface area contributed by atoms with Gasteiger partial charge in [-0.15, -0.1) is 0 Å². The Morgan fingerprint density at radius 2 is 1.86 bits per heavy atom. The molecular weight excluding hydrogens is 202 g/mol. The monoisotopic (exact) mass is 217 g/mol. The number of carbonyl (C=O) groups excluding carboxylic acids is 2. The van der Waals surface area contributed by atoms with E-state index in [1.807, 2.05) is 11.2 Å². The summed E-state index contributed by atoms with van der Waals surface area (Å²) in [5.41, 5.74) is 0. The van der Waals surface area contributed by atoms with Crippen molar-refractivity contribution in [1.29, 1.82) is 0 Å². The van der Waals surface area contributed by atoms with Crippen molar-refractivity contribution < 1.29 is 14.3 Å². The molecule has 0 amide bonds. The third kappa shape index (κ3) is 3.31. The first-order chi connectivity index (χ1) is 6.43. The minimum Gasteiger partial charge on any atom is -0.391 e. The van der Waals surface area contributed by atoms with Crippen molar-refractivity contribution in [2.24, 2.45) is 0 Å². The van der Waals surface area contributed by atoms with Crippen LogP contribution >= 0.6 is 11.8 Å². The Hall–Kier alpha value is -0.550. The molecular formula is C9H15NO3S. The van der Waals surface area contributed by atoms with Crippen LogP contribution in [0.3, 0.4) is 0 Å². The van der Waals surface area contributed by atoms with Gasteiger partial charge in [-0.3, -0.25) is 14.5 Å². The van der Waals surface area contributed by atoms with Crippen LogP contribution in [0, 0.1) is 0 Å². The molecule has 0 spiro atoms. The zero-order valence-corrected chi connectivity index (χ0v) is 9.52. The van der Waals surface area contributed by atoms with E-state index in [2.05, 4.69) is 18.6 Å². The summed E-state index contributed by atoms with van der Waals surface area (Å²) in [7, 11) is 0. The van der Waals surface area contributed by atoms with Crippen LogP contribution in [0.25, 0.3) is 0 Å². The second-order valence-corrected chi connectivity index (χ2v) is 5.47. The van der Waals surface area contributed by atoms with Gasteiger partial charge >= 0.3 is 11.9 Å². The molecule has 0 N–H and O–H groups in total. The van der Waals surface area contributed by atoms with E-state index in [9.17, 15) is 9.59 Å². The van der Waals surface area contributed by atoms with E-state index >= 15 is 0 Å².